The third kappa shape index (κ3) is 3.27. The van der Waals surface area contributed by atoms with Crippen molar-refractivity contribution in [3.05, 3.63) is 29.6 Å². The standard InChI is InChI=1S/C11H12N4OS2/c1-3-17-11-15-14-10(18-11)13-9(16)8-5-4-7(2)12-6-8/h4-6H,3H2,1-2H3,(H,13,14,16). The number of nitrogens with one attached hydrogen (secondary N) is 1. The van der Waals surface area contributed by atoms with E-state index in [1.165, 1.54) is 11.3 Å². The van der Waals surface area contributed by atoms with E-state index < -0.39 is 0 Å². The molecular formula is C11H12N4OS2. The van der Waals surface area contributed by atoms with Gasteiger partial charge in [0.1, 0.15) is 0 Å². The van der Waals surface area contributed by atoms with Gasteiger partial charge in [0.25, 0.3) is 5.91 Å². The number of pyridine rings is 1. The highest BCUT2D eigenvalue weighted by Gasteiger charge is 2.10. The number of nitrogens with zero attached hydrogens (tertiary/aromatic N) is 3. The molecule has 2 aromatic heterocycles. The zero-order valence-electron chi connectivity index (χ0n) is 10.0. The number of rotatable bonds is 4. The Labute approximate surface area is 113 Å². The molecule has 0 saturated carbocycles. The summed E-state index contributed by atoms with van der Waals surface area (Å²) < 4.78 is 0.856. The molecule has 0 spiro atoms. The van der Waals surface area contributed by atoms with Crippen LogP contribution in [0, 0.1) is 6.92 Å². The first-order chi connectivity index (χ1) is 8.69. The summed E-state index contributed by atoms with van der Waals surface area (Å²) in [5, 5.41) is 11.1. The fourth-order valence-electron chi connectivity index (χ4n) is 1.21. The van der Waals surface area contributed by atoms with Gasteiger partial charge in [-0.15, -0.1) is 10.2 Å². The Morgan fingerprint density at radius 1 is 1.44 bits per heavy atom. The molecule has 94 valence electrons. The van der Waals surface area contributed by atoms with Crippen LogP contribution in [0.3, 0.4) is 0 Å². The van der Waals surface area contributed by atoms with Crippen molar-refractivity contribution in [2.24, 2.45) is 0 Å². The van der Waals surface area contributed by atoms with Crippen LogP contribution < -0.4 is 5.32 Å². The van der Waals surface area contributed by atoms with E-state index in [-0.39, 0.29) is 5.91 Å². The average Bonchev–Trinajstić information content (AvgIpc) is 2.78. The van der Waals surface area contributed by atoms with Gasteiger partial charge in [-0.25, -0.2) is 0 Å². The molecular weight excluding hydrogens is 268 g/mol. The van der Waals surface area contributed by atoms with E-state index in [1.807, 2.05) is 13.8 Å². The van der Waals surface area contributed by atoms with Gasteiger partial charge in [-0.05, 0) is 24.8 Å². The Hall–Kier alpha value is -1.47. The Balaban J connectivity index is 2.04. The predicted octanol–water partition coefficient (Wildman–Crippen LogP) is 2.61. The number of amides is 1. The highest BCUT2D eigenvalue weighted by molar-refractivity contribution is 8.01. The second kappa shape index (κ2) is 5.92. The summed E-state index contributed by atoms with van der Waals surface area (Å²) in [6.07, 6.45) is 1.55. The Bertz CT molecular complexity index is 538. The summed E-state index contributed by atoms with van der Waals surface area (Å²) in [7, 11) is 0. The van der Waals surface area contributed by atoms with Crippen LogP contribution >= 0.6 is 23.1 Å². The minimum Gasteiger partial charge on any atom is -0.296 e. The van der Waals surface area contributed by atoms with Crippen molar-refractivity contribution in [2.75, 3.05) is 11.1 Å². The molecule has 0 aromatic carbocycles. The number of anilines is 1. The lowest BCUT2D eigenvalue weighted by Crippen LogP contribution is -2.12. The van der Waals surface area contributed by atoms with Gasteiger partial charge in [0, 0.05) is 11.9 Å². The lowest BCUT2D eigenvalue weighted by atomic mass is 10.2. The van der Waals surface area contributed by atoms with Gasteiger partial charge < -0.3 is 0 Å². The second-order valence-corrected chi connectivity index (χ2v) is 5.94. The van der Waals surface area contributed by atoms with Crippen LogP contribution in [0.1, 0.15) is 23.0 Å². The largest absolute Gasteiger partial charge is 0.296 e. The van der Waals surface area contributed by atoms with E-state index in [2.05, 4.69) is 20.5 Å². The number of carbonyl (C=O) groups is 1. The fourth-order valence-corrected chi connectivity index (χ4v) is 2.86. The van der Waals surface area contributed by atoms with E-state index in [1.54, 1.807) is 30.1 Å². The maximum absolute atomic E-state index is 11.9. The Morgan fingerprint density at radius 2 is 2.28 bits per heavy atom. The number of carbonyl (C=O) groups excluding carboxylic acids is 1. The molecule has 5 nitrogen and oxygen atoms in total. The minimum atomic E-state index is -0.216. The molecule has 1 N–H and O–H groups in total. The van der Waals surface area contributed by atoms with Crippen LogP contribution in [0.4, 0.5) is 5.13 Å². The molecule has 0 fully saturated rings. The minimum absolute atomic E-state index is 0.216. The first kappa shape index (κ1) is 13.0. The molecule has 0 aliphatic rings. The Kier molecular flexibility index (Phi) is 4.27. The maximum atomic E-state index is 11.9. The third-order valence-electron chi connectivity index (χ3n) is 2.07. The first-order valence-electron chi connectivity index (χ1n) is 5.39. The maximum Gasteiger partial charge on any atom is 0.259 e. The number of hydrogen-bond acceptors (Lipinski definition) is 6. The first-order valence-corrected chi connectivity index (χ1v) is 7.19. The van der Waals surface area contributed by atoms with Crippen LogP contribution in [0.25, 0.3) is 0 Å². The van der Waals surface area contributed by atoms with Crippen molar-refractivity contribution in [3.8, 4) is 0 Å². The van der Waals surface area contributed by atoms with Gasteiger partial charge in [-0.3, -0.25) is 15.1 Å². The SMILES string of the molecule is CCSc1nnc(NC(=O)c2ccc(C)nc2)s1. The smallest absolute Gasteiger partial charge is 0.259 e. The zero-order valence-corrected chi connectivity index (χ0v) is 11.6. The second-order valence-electron chi connectivity index (χ2n) is 3.45. The molecule has 0 unspecified atom stereocenters. The van der Waals surface area contributed by atoms with Crippen molar-refractivity contribution in [3.63, 3.8) is 0 Å². The van der Waals surface area contributed by atoms with E-state index >= 15 is 0 Å². The van der Waals surface area contributed by atoms with E-state index in [0.717, 1.165) is 15.8 Å². The van der Waals surface area contributed by atoms with E-state index in [9.17, 15) is 4.79 Å². The van der Waals surface area contributed by atoms with Crippen LogP contribution in [0.5, 0.6) is 0 Å². The normalized spacial score (nSPS) is 10.3. The molecule has 0 aliphatic carbocycles. The molecule has 2 rings (SSSR count). The summed E-state index contributed by atoms with van der Waals surface area (Å²) in [6, 6.07) is 3.54. The molecule has 1 amide bonds. The van der Waals surface area contributed by atoms with E-state index in [4.69, 9.17) is 0 Å². The zero-order chi connectivity index (χ0) is 13.0. The summed E-state index contributed by atoms with van der Waals surface area (Å²) in [6.45, 7) is 3.92. The van der Waals surface area contributed by atoms with Crippen molar-refractivity contribution in [1.82, 2.24) is 15.2 Å². The molecule has 0 aliphatic heterocycles. The van der Waals surface area contributed by atoms with Crippen LogP contribution in [0.2, 0.25) is 0 Å². The highest BCUT2D eigenvalue weighted by Crippen LogP contribution is 2.25. The van der Waals surface area contributed by atoms with Crippen molar-refractivity contribution >= 4 is 34.1 Å². The van der Waals surface area contributed by atoms with Gasteiger partial charge in [0.2, 0.25) is 5.13 Å². The van der Waals surface area contributed by atoms with Crippen LogP contribution in [-0.2, 0) is 0 Å². The van der Waals surface area contributed by atoms with Crippen molar-refractivity contribution < 1.29 is 4.79 Å². The predicted molar refractivity (Wildman–Crippen MR) is 73.2 cm³/mol. The van der Waals surface area contributed by atoms with Gasteiger partial charge in [-0.2, -0.15) is 0 Å². The van der Waals surface area contributed by atoms with E-state index in [0.29, 0.717) is 10.7 Å². The molecule has 18 heavy (non-hydrogen) atoms. The lowest BCUT2D eigenvalue weighted by Gasteiger charge is -2.00. The number of aryl methyl sites for hydroxylation is 1. The summed E-state index contributed by atoms with van der Waals surface area (Å²) in [5.74, 6) is 0.719. The fraction of sp³-hybridized carbons (Fsp3) is 0.273. The monoisotopic (exact) mass is 280 g/mol. The molecule has 7 heteroatoms. The molecule has 2 aromatic rings. The number of hydrogen-bond donors (Lipinski definition) is 1. The Morgan fingerprint density at radius 3 is 2.94 bits per heavy atom. The number of aromatic nitrogens is 3. The molecule has 0 bridgehead atoms. The van der Waals surface area contributed by atoms with Crippen LogP contribution in [-0.4, -0.2) is 26.8 Å². The third-order valence-corrected chi connectivity index (χ3v) is 3.92. The topological polar surface area (TPSA) is 67.8 Å². The van der Waals surface area contributed by atoms with Crippen molar-refractivity contribution in [1.29, 1.82) is 0 Å². The summed E-state index contributed by atoms with van der Waals surface area (Å²) >= 11 is 2.97. The van der Waals surface area contributed by atoms with Gasteiger partial charge in [0.05, 0.1) is 5.56 Å². The molecule has 0 atom stereocenters. The summed E-state index contributed by atoms with van der Waals surface area (Å²) in [4.78, 5) is 16.0. The average molecular weight is 280 g/mol. The van der Waals surface area contributed by atoms with Gasteiger partial charge in [-0.1, -0.05) is 30.0 Å². The lowest BCUT2D eigenvalue weighted by molar-refractivity contribution is 0.102. The van der Waals surface area contributed by atoms with Gasteiger partial charge in [0.15, 0.2) is 4.34 Å². The quantitative estimate of drug-likeness (QED) is 0.688. The number of thioether (sulfide) groups is 1. The van der Waals surface area contributed by atoms with Gasteiger partial charge >= 0.3 is 0 Å². The highest BCUT2D eigenvalue weighted by atomic mass is 32.2. The molecule has 0 radical (unpaired) electrons. The molecule has 2 heterocycles. The molecule has 0 saturated heterocycles. The van der Waals surface area contributed by atoms with Crippen molar-refractivity contribution in [2.45, 2.75) is 18.2 Å². The summed E-state index contributed by atoms with van der Waals surface area (Å²) in [5.41, 5.74) is 1.39. The van der Waals surface area contributed by atoms with Crippen LogP contribution in [0.15, 0.2) is 22.7 Å².